The number of hydrogen-bond donors (Lipinski definition) is 0. The third-order valence-electron chi connectivity index (χ3n) is 9.64. The Morgan fingerprint density at radius 2 is 1.00 bits per heavy atom. The van der Waals surface area contributed by atoms with Crippen molar-refractivity contribution in [2.45, 2.75) is 12.8 Å². The molecule has 0 atom stereocenters. The molecule has 0 fully saturated rings. The first kappa shape index (κ1) is 26.8. The maximum absolute atomic E-state index is 5.19. The predicted octanol–water partition coefficient (Wildman–Crippen LogP) is 10.4. The van der Waals surface area contributed by atoms with E-state index >= 15 is 0 Å². The van der Waals surface area contributed by atoms with Gasteiger partial charge >= 0.3 is 0 Å². The van der Waals surface area contributed by atoms with E-state index in [0.29, 0.717) is 17.6 Å². The molecule has 0 saturated heterocycles. The Bertz CT molecular complexity index is 2650. The molecule has 0 bridgehead atoms. The van der Waals surface area contributed by atoms with Crippen LogP contribution in [-0.4, -0.2) is 24.1 Å². The monoisotopic (exact) mass is 615 g/mol. The normalized spacial score (nSPS) is 12.8. The van der Waals surface area contributed by atoms with Crippen LogP contribution in [0.15, 0.2) is 146 Å². The van der Waals surface area contributed by atoms with Crippen molar-refractivity contribution >= 4 is 49.6 Å². The number of para-hydroxylation sites is 2. The van der Waals surface area contributed by atoms with E-state index in [1.165, 1.54) is 38.6 Å². The highest BCUT2D eigenvalue weighted by molar-refractivity contribution is 6.23. The average Bonchev–Trinajstić information content (AvgIpc) is 3.69. The minimum atomic E-state index is 0.599. The largest absolute Gasteiger partial charge is 0.309 e. The predicted molar refractivity (Wildman–Crippen MR) is 197 cm³/mol. The minimum absolute atomic E-state index is 0.599. The Kier molecular flexibility index (Phi) is 5.93. The molecule has 0 N–H and O–H groups in total. The molecule has 0 saturated carbocycles. The van der Waals surface area contributed by atoms with E-state index in [1.54, 1.807) is 0 Å². The molecule has 0 radical (unpaired) electrons. The van der Waals surface area contributed by atoms with Crippen LogP contribution in [0.1, 0.15) is 17.7 Å². The summed E-state index contributed by atoms with van der Waals surface area (Å²) in [5, 5.41) is 6.01. The van der Waals surface area contributed by atoms with Gasteiger partial charge in [-0.2, -0.15) is 9.97 Å². The van der Waals surface area contributed by atoms with Gasteiger partial charge in [0.1, 0.15) is 0 Å². The lowest BCUT2D eigenvalue weighted by Crippen LogP contribution is -2.06. The first-order valence-corrected chi connectivity index (χ1v) is 16.4. The lowest BCUT2D eigenvalue weighted by molar-refractivity contribution is 0.955. The lowest BCUT2D eigenvalue weighted by Gasteiger charge is -2.14. The second-order valence-corrected chi connectivity index (χ2v) is 12.4. The summed E-state index contributed by atoms with van der Waals surface area (Å²) in [6.45, 7) is 0. The van der Waals surface area contributed by atoms with Gasteiger partial charge in [0.15, 0.2) is 11.6 Å². The van der Waals surface area contributed by atoms with Crippen LogP contribution in [0.4, 0.5) is 0 Å². The molecule has 5 nitrogen and oxygen atoms in total. The van der Waals surface area contributed by atoms with Crippen molar-refractivity contribution in [3.8, 4) is 34.4 Å². The molecule has 0 amide bonds. The van der Waals surface area contributed by atoms with Gasteiger partial charge in [0.25, 0.3) is 0 Å². The molecule has 1 aliphatic rings. The number of aromatic nitrogens is 5. The zero-order valence-electron chi connectivity index (χ0n) is 26.1. The number of fused-ring (bicyclic) bond motifs is 9. The number of benzene rings is 6. The van der Waals surface area contributed by atoms with Crippen molar-refractivity contribution < 1.29 is 0 Å². The summed E-state index contributed by atoms with van der Waals surface area (Å²) in [5.41, 5.74) is 9.14. The number of hydrogen-bond acceptors (Lipinski definition) is 3. The number of allylic oxidation sites excluding steroid dienone is 1. The second-order valence-electron chi connectivity index (χ2n) is 12.4. The number of nitrogens with zero attached hydrogens (tertiary/aromatic N) is 5. The van der Waals surface area contributed by atoms with Crippen LogP contribution >= 0.6 is 0 Å². The van der Waals surface area contributed by atoms with Gasteiger partial charge in [-0.05, 0) is 42.7 Å². The van der Waals surface area contributed by atoms with Gasteiger partial charge in [-0.15, -0.1) is 0 Å². The van der Waals surface area contributed by atoms with Crippen molar-refractivity contribution in [3.63, 3.8) is 0 Å². The quantitative estimate of drug-likeness (QED) is 0.198. The van der Waals surface area contributed by atoms with Crippen LogP contribution in [0.25, 0.3) is 84.0 Å². The number of rotatable bonds is 4. The summed E-state index contributed by atoms with van der Waals surface area (Å²) in [4.78, 5) is 15.4. The highest BCUT2D eigenvalue weighted by atomic mass is 15.2. The van der Waals surface area contributed by atoms with Gasteiger partial charge in [0.05, 0.1) is 16.6 Å². The van der Waals surface area contributed by atoms with Gasteiger partial charge < -0.3 is 4.57 Å². The van der Waals surface area contributed by atoms with Gasteiger partial charge in [0.2, 0.25) is 5.95 Å². The molecule has 6 aromatic carbocycles. The second kappa shape index (κ2) is 10.6. The van der Waals surface area contributed by atoms with Gasteiger partial charge in [-0.3, -0.25) is 4.57 Å². The van der Waals surface area contributed by atoms with E-state index in [4.69, 9.17) is 15.0 Å². The Hall–Kier alpha value is -6.33. The van der Waals surface area contributed by atoms with Crippen molar-refractivity contribution in [2.75, 3.05) is 0 Å². The fourth-order valence-corrected chi connectivity index (χ4v) is 7.54. The van der Waals surface area contributed by atoms with Crippen LogP contribution in [0.5, 0.6) is 0 Å². The summed E-state index contributed by atoms with van der Waals surface area (Å²) >= 11 is 0. The van der Waals surface area contributed by atoms with Crippen LogP contribution in [0.2, 0.25) is 0 Å². The van der Waals surface area contributed by atoms with E-state index in [1.807, 2.05) is 36.4 Å². The van der Waals surface area contributed by atoms with E-state index in [2.05, 4.69) is 124 Å². The summed E-state index contributed by atoms with van der Waals surface area (Å²) in [6.07, 6.45) is 6.69. The molecule has 9 aromatic rings. The van der Waals surface area contributed by atoms with Gasteiger partial charge in [-0.1, -0.05) is 127 Å². The lowest BCUT2D eigenvalue weighted by atomic mass is 9.98. The maximum atomic E-state index is 5.19. The third-order valence-corrected chi connectivity index (χ3v) is 9.64. The molecule has 3 heterocycles. The average molecular weight is 616 g/mol. The van der Waals surface area contributed by atoms with Crippen LogP contribution in [0.3, 0.4) is 0 Å². The zero-order valence-corrected chi connectivity index (χ0v) is 26.1. The van der Waals surface area contributed by atoms with E-state index in [-0.39, 0.29) is 0 Å². The van der Waals surface area contributed by atoms with Crippen molar-refractivity contribution in [1.82, 2.24) is 24.1 Å². The zero-order chi connectivity index (χ0) is 31.6. The van der Waals surface area contributed by atoms with Crippen molar-refractivity contribution in [3.05, 3.63) is 157 Å². The third kappa shape index (κ3) is 4.01. The highest BCUT2D eigenvalue weighted by Crippen LogP contribution is 2.42. The van der Waals surface area contributed by atoms with Crippen LogP contribution in [0, 0.1) is 0 Å². The molecule has 0 unspecified atom stereocenters. The minimum Gasteiger partial charge on any atom is -0.309 e. The summed E-state index contributed by atoms with van der Waals surface area (Å²) in [5.74, 6) is 1.89. The summed E-state index contributed by atoms with van der Waals surface area (Å²) in [7, 11) is 0. The van der Waals surface area contributed by atoms with Crippen LogP contribution < -0.4 is 0 Å². The molecule has 1 aliphatic carbocycles. The Balaban J connectivity index is 1.35. The van der Waals surface area contributed by atoms with Crippen molar-refractivity contribution in [1.29, 1.82) is 0 Å². The SMILES string of the molecule is C1=Cc2c(c3ccc4c(ccc5c6ccccc6n(-c6nc(-c7ccccc7)nc(-c7ccccc7)n6)c45)c3n2-c2ccccc2)CC1. The Labute approximate surface area is 277 Å². The molecular weight excluding hydrogens is 587 g/mol. The van der Waals surface area contributed by atoms with Gasteiger partial charge in [0, 0.05) is 49.4 Å². The first-order chi connectivity index (χ1) is 23.8. The van der Waals surface area contributed by atoms with E-state index in [0.717, 1.165) is 45.8 Å². The molecular formula is C43H29N5. The summed E-state index contributed by atoms with van der Waals surface area (Å²) < 4.78 is 4.69. The standard InChI is InChI=1S/C43H29N5/c1-4-14-28(15-5-1)41-44-42(29-16-6-2-7-17-29)46-43(45-41)48-38-23-13-11-21-32(38)34-25-26-35-36(40(34)48)27-24-33-31-20-10-12-22-37(31)47(39(33)35)30-18-8-3-9-19-30/h1-9,11-19,21-27H,10,20H2. The van der Waals surface area contributed by atoms with E-state index < -0.39 is 0 Å². The summed E-state index contributed by atoms with van der Waals surface area (Å²) in [6, 6.07) is 48.9. The van der Waals surface area contributed by atoms with Crippen molar-refractivity contribution in [2.24, 2.45) is 0 Å². The molecule has 0 spiro atoms. The molecule has 226 valence electrons. The molecule has 0 aliphatic heterocycles. The van der Waals surface area contributed by atoms with E-state index in [9.17, 15) is 0 Å². The fraction of sp³-hybridized carbons (Fsp3) is 0.0465. The number of aryl methyl sites for hydroxylation is 1. The Morgan fingerprint density at radius 1 is 0.458 bits per heavy atom. The van der Waals surface area contributed by atoms with Crippen LogP contribution in [-0.2, 0) is 6.42 Å². The first-order valence-electron chi connectivity index (χ1n) is 16.4. The fourth-order valence-electron chi connectivity index (χ4n) is 7.54. The topological polar surface area (TPSA) is 48.5 Å². The van der Waals surface area contributed by atoms with Gasteiger partial charge in [-0.25, -0.2) is 4.98 Å². The smallest absolute Gasteiger partial charge is 0.238 e. The molecule has 48 heavy (non-hydrogen) atoms. The molecule has 3 aromatic heterocycles. The molecule has 5 heteroatoms. The highest BCUT2D eigenvalue weighted by Gasteiger charge is 2.24. The maximum Gasteiger partial charge on any atom is 0.238 e. The molecule has 10 rings (SSSR count). The Morgan fingerprint density at radius 3 is 1.67 bits per heavy atom.